The standard InChI is InChI=1S/C14H18N4/c1-10-5-4-6-12(7-10)9-16-13-11(2)8-17-14(15-3)18-13/h4-8H,9H2,1-3H3,(H2,15,16,17,18). The van der Waals surface area contributed by atoms with Crippen LogP contribution in [0.25, 0.3) is 0 Å². The molecular weight excluding hydrogens is 224 g/mol. The average molecular weight is 242 g/mol. The molecule has 1 aromatic heterocycles. The van der Waals surface area contributed by atoms with Crippen LogP contribution in [-0.4, -0.2) is 17.0 Å². The molecule has 0 saturated heterocycles. The minimum Gasteiger partial charge on any atom is -0.366 e. The number of aromatic nitrogens is 2. The number of nitrogens with one attached hydrogen (secondary N) is 2. The highest BCUT2D eigenvalue weighted by molar-refractivity contribution is 5.46. The third kappa shape index (κ3) is 2.97. The Morgan fingerprint density at radius 2 is 2.06 bits per heavy atom. The highest BCUT2D eigenvalue weighted by Crippen LogP contribution is 2.14. The first kappa shape index (κ1) is 12.4. The van der Waals surface area contributed by atoms with Crippen molar-refractivity contribution in [2.75, 3.05) is 17.7 Å². The third-order valence-electron chi connectivity index (χ3n) is 2.74. The van der Waals surface area contributed by atoms with E-state index < -0.39 is 0 Å². The fourth-order valence-corrected chi connectivity index (χ4v) is 1.75. The van der Waals surface area contributed by atoms with E-state index in [1.54, 1.807) is 0 Å². The lowest BCUT2D eigenvalue weighted by Gasteiger charge is -2.10. The van der Waals surface area contributed by atoms with Crippen LogP contribution in [0.5, 0.6) is 0 Å². The van der Waals surface area contributed by atoms with Gasteiger partial charge in [-0.25, -0.2) is 4.98 Å². The maximum Gasteiger partial charge on any atom is 0.224 e. The number of benzene rings is 1. The lowest BCUT2D eigenvalue weighted by Crippen LogP contribution is -2.06. The smallest absolute Gasteiger partial charge is 0.224 e. The summed E-state index contributed by atoms with van der Waals surface area (Å²) in [6, 6.07) is 8.44. The van der Waals surface area contributed by atoms with E-state index in [2.05, 4.69) is 51.8 Å². The predicted molar refractivity (Wildman–Crippen MR) is 74.8 cm³/mol. The van der Waals surface area contributed by atoms with Gasteiger partial charge in [-0.2, -0.15) is 4.98 Å². The Labute approximate surface area is 107 Å². The third-order valence-corrected chi connectivity index (χ3v) is 2.74. The van der Waals surface area contributed by atoms with Crippen molar-refractivity contribution in [2.24, 2.45) is 0 Å². The van der Waals surface area contributed by atoms with Crippen LogP contribution in [0.4, 0.5) is 11.8 Å². The van der Waals surface area contributed by atoms with Crippen molar-refractivity contribution >= 4 is 11.8 Å². The monoisotopic (exact) mass is 242 g/mol. The summed E-state index contributed by atoms with van der Waals surface area (Å²) in [6.45, 7) is 4.86. The van der Waals surface area contributed by atoms with Gasteiger partial charge >= 0.3 is 0 Å². The van der Waals surface area contributed by atoms with Crippen molar-refractivity contribution in [3.63, 3.8) is 0 Å². The Bertz CT molecular complexity index is 537. The molecule has 0 spiro atoms. The van der Waals surface area contributed by atoms with Crippen LogP contribution in [0.2, 0.25) is 0 Å². The largest absolute Gasteiger partial charge is 0.366 e. The Balaban J connectivity index is 2.10. The molecule has 0 fully saturated rings. The molecule has 4 nitrogen and oxygen atoms in total. The second kappa shape index (κ2) is 5.49. The molecule has 2 N–H and O–H groups in total. The maximum atomic E-state index is 4.39. The van der Waals surface area contributed by atoms with E-state index in [-0.39, 0.29) is 0 Å². The second-order valence-electron chi connectivity index (χ2n) is 4.32. The maximum absolute atomic E-state index is 4.39. The van der Waals surface area contributed by atoms with Gasteiger partial charge in [-0.3, -0.25) is 0 Å². The topological polar surface area (TPSA) is 49.8 Å². The van der Waals surface area contributed by atoms with Gasteiger partial charge in [0.05, 0.1) is 0 Å². The molecule has 0 aliphatic rings. The zero-order chi connectivity index (χ0) is 13.0. The van der Waals surface area contributed by atoms with Crippen LogP contribution in [-0.2, 0) is 6.54 Å². The van der Waals surface area contributed by atoms with Gasteiger partial charge < -0.3 is 10.6 Å². The Kier molecular flexibility index (Phi) is 3.77. The van der Waals surface area contributed by atoms with E-state index in [1.165, 1.54) is 11.1 Å². The minimum absolute atomic E-state index is 0.632. The summed E-state index contributed by atoms with van der Waals surface area (Å²) < 4.78 is 0. The van der Waals surface area contributed by atoms with Crippen LogP contribution in [0.15, 0.2) is 30.5 Å². The summed E-state index contributed by atoms with van der Waals surface area (Å²) in [4.78, 5) is 8.56. The van der Waals surface area contributed by atoms with E-state index >= 15 is 0 Å². The first-order valence-electron chi connectivity index (χ1n) is 6.00. The molecule has 0 atom stereocenters. The zero-order valence-electron chi connectivity index (χ0n) is 11.0. The van der Waals surface area contributed by atoms with Gasteiger partial charge in [0.2, 0.25) is 5.95 Å². The molecule has 0 radical (unpaired) electrons. The minimum atomic E-state index is 0.632. The summed E-state index contributed by atoms with van der Waals surface area (Å²) in [5, 5.41) is 6.28. The number of nitrogens with zero attached hydrogens (tertiary/aromatic N) is 2. The van der Waals surface area contributed by atoms with E-state index in [0.29, 0.717) is 5.95 Å². The number of rotatable bonds is 4. The first-order valence-corrected chi connectivity index (χ1v) is 6.00. The van der Waals surface area contributed by atoms with Gasteiger partial charge in [0, 0.05) is 25.4 Å². The Morgan fingerprint density at radius 1 is 1.22 bits per heavy atom. The molecule has 94 valence electrons. The zero-order valence-corrected chi connectivity index (χ0v) is 11.0. The first-order chi connectivity index (χ1) is 8.69. The van der Waals surface area contributed by atoms with Gasteiger partial charge in [-0.15, -0.1) is 0 Å². The van der Waals surface area contributed by atoms with Crippen LogP contribution >= 0.6 is 0 Å². The molecule has 2 aromatic rings. The van der Waals surface area contributed by atoms with Gasteiger partial charge in [-0.1, -0.05) is 29.8 Å². The highest BCUT2D eigenvalue weighted by Gasteiger charge is 2.02. The van der Waals surface area contributed by atoms with Gasteiger partial charge in [0.25, 0.3) is 0 Å². The highest BCUT2D eigenvalue weighted by atomic mass is 15.1. The molecule has 1 heterocycles. The summed E-state index contributed by atoms with van der Waals surface area (Å²) in [6.07, 6.45) is 1.82. The van der Waals surface area contributed by atoms with Crippen molar-refractivity contribution in [3.8, 4) is 0 Å². The summed E-state index contributed by atoms with van der Waals surface area (Å²) in [5.74, 6) is 1.50. The van der Waals surface area contributed by atoms with Crippen molar-refractivity contribution in [2.45, 2.75) is 20.4 Å². The van der Waals surface area contributed by atoms with E-state index in [0.717, 1.165) is 17.9 Å². The molecule has 0 amide bonds. The molecule has 18 heavy (non-hydrogen) atoms. The summed E-state index contributed by atoms with van der Waals surface area (Å²) in [7, 11) is 1.81. The SMILES string of the molecule is CNc1ncc(C)c(NCc2cccc(C)c2)n1. The fraction of sp³-hybridized carbons (Fsp3) is 0.286. The molecule has 0 saturated carbocycles. The molecule has 1 aromatic carbocycles. The molecular formula is C14H18N4. The van der Waals surface area contributed by atoms with Crippen LogP contribution < -0.4 is 10.6 Å². The summed E-state index contributed by atoms with van der Waals surface area (Å²) >= 11 is 0. The van der Waals surface area contributed by atoms with E-state index in [1.807, 2.05) is 20.2 Å². The predicted octanol–water partition coefficient (Wildman–Crippen LogP) is 2.75. The van der Waals surface area contributed by atoms with Crippen LogP contribution in [0, 0.1) is 13.8 Å². The number of hydrogen-bond acceptors (Lipinski definition) is 4. The molecule has 0 bridgehead atoms. The Morgan fingerprint density at radius 3 is 2.78 bits per heavy atom. The molecule has 0 aliphatic carbocycles. The Hall–Kier alpha value is -2.10. The molecule has 0 aliphatic heterocycles. The van der Waals surface area contributed by atoms with Crippen molar-refractivity contribution in [1.29, 1.82) is 0 Å². The quantitative estimate of drug-likeness (QED) is 0.865. The fourth-order valence-electron chi connectivity index (χ4n) is 1.75. The summed E-state index contributed by atoms with van der Waals surface area (Å²) in [5.41, 5.74) is 3.56. The van der Waals surface area contributed by atoms with Crippen LogP contribution in [0.3, 0.4) is 0 Å². The second-order valence-corrected chi connectivity index (χ2v) is 4.32. The normalized spacial score (nSPS) is 10.2. The average Bonchev–Trinajstić information content (AvgIpc) is 2.38. The molecule has 0 unspecified atom stereocenters. The number of hydrogen-bond donors (Lipinski definition) is 2. The lowest BCUT2D eigenvalue weighted by atomic mass is 10.1. The van der Waals surface area contributed by atoms with Crippen molar-refractivity contribution in [1.82, 2.24) is 9.97 Å². The van der Waals surface area contributed by atoms with Crippen LogP contribution in [0.1, 0.15) is 16.7 Å². The van der Waals surface area contributed by atoms with Crippen molar-refractivity contribution < 1.29 is 0 Å². The lowest BCUT2D eigenvalue weighted by molar-refractivity contribution is 1.06. The number of aryl methyl sites for hydroxylation is 2. The van der Waals surface area contributed by atoms with Gasteiger partial charge in [-0.05, 0) is 19.4 Å². The van der Waals surface area contributed by atoms with Crippen molar-refractivity contribution in [3.05, 3.63) is 47.2 Å². The van der Waals surface area contributed by atoms with Gasteiger partial charge in [0.1, 0.15) is 5.82 Å². The van der Waals surface area contributed by atoms with Gasteiger partial charge in [0.15, 0.2) is 0 Å². The molecule has 2 rings (SSSR count). The van der Waals surface area contributed by atoms with E-state index in [4.69, 9.17) is 0 Å². The van der Waals surface area contributed by atoms with E-state index in [9.17, 15) is 0 Å². The molecule has 4 heteroatoms. The number of anilines is 2.